The van der Waals surface area contributed by atoms with Crippen molar-refractivity contribution in [1.29, 1.82) is 0 Å². The number of rotatable bonds is 4. The standard InChI is InChI=1S/C14H13BrN2O3S/c15-10-4-6-12(7-5-10)21(19,20)13-3-1-2-11(8-13)17-14(18)9-16/h1-8H,9,16H2,(H,17,18). The normalized spacial score (nSPS) is 11.1. The largest absolute Gasteiger partial charge is 0.325 e. The summed E-state index contributed by atoms with van der Waals surface area (Å²) in [4.78, 5) is 11.6. The molecule has 3 N–H and O–H groups in total. The predicted molar refractivity (Wildman–Crippen MR) is 83.7 cm³/mol. The smallest absolute Gasteiger partial charge is 0.238 e. The summed E-state index contributed by atoms with van der Waals surface area (Å²) in [5.74, 6) is -0.381. The lowest BCUT2D eigenvalue weighted by Gasteiger charge is -2.08. The fraction of sp³-hybridized carbons (Fsp3) is 0.0714. The Balaban J connectivity index is 2.38. The van der Waals surface area contributed by atoms with Crippen LogP contribution in [-0.4, -0.2) is 20.9 Å². The van der Waals surface area contributed by atoms with E-state index in [1.54, 1.807) is 24.3 Å². The molecular formula is C14H13BrN2O3S. The summed E-state index contributed by atoms with van der Waals surface area (Å²) in [6.07, 6.45) is 0. The Labute approximate surface area is 131 Å². The van der Waals surface area contributed by atoms with E-state index >= 15 is 0 Å². The molecule has 0 aliphatic carbocycles. The molecule has 0 fully saturated rings. The number of anilines is 1. The van der Waals surface area contributed by atoms with E-state index in [9.17, 15) is 13.2 Å². The zero-order chi connectivity index (χ0) is 15.5. The lowest BCUT2D eigenvalue weighted by atomic mass is 10.3. The Morgan fingerprint density at radius 1 is 1.10 bits per heavy atom. The number of nitrogens with one attached hydrogen (secondary N) is 1. The van der Waals surface area contributed by atoms with Crippen molar-refractivity contribution in [3.05, 3.63) is 53.0 Å². The Kier molecular flexibility index (Phi) is 4.76. The van der Waals surface area contributed by atoms with Crippen molar-refractivity contribution in [3.63, 3.8) is 0 Å². The summed E-state index contributed by atoms with van der Waals surface area (Å²) in [6, 6.07) is 12.4. The van der Waals surface area contributed by atoms with Gasteiger partial charge in [-0.05, 0) is 42.5 Å². The molecule has 7 heteroatoms. The molecule has 0 atom stereocenters. The van der Waals surface area contributed by atoms with Crippen molar-refractivity contribution >= 4 is 37.4 Å². The van der Waals surface area contributed by atoms with E-state index in [1.807, 2.05) is 0 Å². The van der Waals surface area contributed by atoms with Crippen molar-refractivity contribution < 1.29 is 13.2 Å². The molecule has 2 aromatic rings. The molecule has 1 amide bonds. The Bertz CT molecular complexity index is 758. The number of sulfone groups is 1. The first-order chi connectivity index (χ1) is 9.93. The van der Waals surface area contributed by atoms with Crippen LogP contribution in [-0.2, 0) is 14.6 Å². The topological polar surface area (TPSA) is 89.3 Å². The monoisotopic (exact) mass is 368 g/mol. The highest BCUT2D eigenvalue weighted by Gasteiger charge is 2.18. The number of hydrogen-bond donors (Lipinski definition) is 2. The predicted octanol–water partition coefficient (Wildman–Crippen LogP) is 2.18. The van der Waals surface area contributed by atoms with Gasteiger partial charge in [-0.15, -0.1) is 0 Å². The molecule has 0 spiro atoms. The van der Waals surface area contributed by atoms with Gasteiger partial charge in [-0.25, -0.2) is 8.42 Å². The van der Waals surface area contributed by atoms with E-state index in [0.717, 1.165) is 4.47 Å². The van der Waals surface area contributed by atoms with Crippen molar-refractivity contribution in [3.8, 4) is 0 Å². The summed E-state index contributed by atoms with van der Waals surface area (Å²) in [5, 5.41) is 2.53. The van der Waals surface area contributed by atoms with Crippen LogP contribution in [0.3, 0.4) is 0 Å². The third kappa shape index (κ3) is 3.69. The Morgan fingerprint density at radius 2 is 1.76 bits per heavy atom. The van der Waals surface area contributed by atoms with E-state index in [4.69, 9.17) is 5.73 Å². The lowest BCUT2D eigenvalue weighted by Crippen LogP contribution is -2.21. The molecule has 0 saturated heterocycles. The van der Waals surface area contributed by atoms with Gasteiger partial charge in [0.15, 0.2) is 0 Å². The van der Waals surface area contributed by atoms with Crippen molar-refractivity contribution in [2.45, 2.75) is 9.79 Å². The van der Waals surface area contributed by atoms with E-state index in [0.29, 0.717) is 5.69 Å². The number of hydrogen-bond acceptors (Lipinski definition) is 4. The second kappa shape index (κ2) is 6.38. The van der Waals surface area contributed by atoms with Gasteiger partial charge in [0.2, 0.25) is 15.7 Å². The van der Waals surface area contributed by atoms with E-state index < -0.39 is 9.84 Å². The minimum atomic E-state index is -3.62. The van der Waals surface area contributed by atoms with Gasteiger partial charge in [0.05, 0.1) is 16.3 Å². The lowest BCUT2D eigenvalue weighted by molar-refractivity contribution is -0.114. The van der Waals surface area contributed by atoms with Crippen molar-refractivity contribution in [2.75, 3.05) is 11.9 Å². The Hall–Kier alpha value is -1.70. The van der Waals surface area contributed by atoms with Crippen molar-refractivity contribution in [1.82, 2.24) is 0 Å². The average molecular weight is 369 g/mol. The van der Waals surface area contributed by atoms with Crippen LogP contribution in [0.15, 0.2) is 62.8 Å². The van der Waals surface area contributed by atoms with Gasteiger partial charge >= 0.3 is 0 Å². The summed E-state index contributed by atoms with van der Waals surface area (Å²) in [6.45, 7) is -0.163. The zero-order valence-electron chi connectivity index (χ0n) is 10.9. The molecule has 0 unspecified atom stereocenters. The maximum atomic E-state index is 12.5. The fourth-order valence-electron chi connectivity index (χ4n) is 1.70. The molecule has 0 saturated carbocycles. The highest BCUT2D eigenvalue weighted by atomic mass is 79.9. The molecule has 21 heavy (non-hydrogen) atoms. The number of halogens is 1. The van der Waals surface area contributed by atoms with Gasteiger partial charge in [0, 0.05) is 10.2 Å². The van der Waals surface area contributed by atoms with Crippen molar-refractivity contribution in [2.24, 2.45) is 5.73 Å². The highest BCUT2D eigenvalue weighted by Crippen LogP contribution is 2.24. The third-order valence-electron chi connectivity index (χ3n) is 2.74. The quantitative estimate of drug-likeness (QED) is 0.865. The summed E-state index contributed by atoms with van der Waals surface area (Å²) >= 11 is 3.26. The van der Waals surface area contributed by atoms with Gasteiger partial charge in [0.25, 0.3) is 0 Å². The van der Waals surface area contributed by atoms with Gasteiger partial charge in [0.1, 0.15) is 0 Å². The first kappa shape index (κ1) is 15.7. The van der Waals surface area contributed by atoms with Crippen LogP contribution < -0.4 is 11.1 Å². The second-order valence-corrected chi connectivity index (χ2v) is 7.10. The van der Waals surface area contributed by atoms with E-state index in [2.05, 4.69) is 21.2 Å². The first-order valence-electron chi connectivity index (χ1n) is 6.04. The van der Waals surface area contributed by atoms with E-state index in [-0.39, 0.29) is 22.2 Å². The molecule has 0 radical (unpaired) electrons. The van der Waals surface area contributed by atoms with Crippen LogP contribution in [0.5, 0.6) is 0 Å². The number of benzene rings is 2. The highest BCUT2D eigenvalue weighted by molar-refractivity contribution is 9.10. The molecule has 5 nitrogen and oxygen atoms in total. The second-order valence-electron chi connectivity index (χ2n) is 4.24. The molecule has 0 aromatic heterocycles. The van der Waals surface area contributed by atoms with Gasteiger partial charge in [-0.1, -0.05) is 22.0 Å². The Morgan fingerprint density at radius 3 is 2.38 bits per heavy atom. The SMILES string of the molecule is NCC(=O)Nc1cccc(S(=O)(=O)c2ccc(Br)cc2)c1. The van der Waals surface area contributed by atoms with Crippen LogP contribution >= 0.6 is 15.9 Å². The minimum Gasteiger partial charge on any atom is -0.325 e. The van der Waals surface area contributed by atoms with Crippen LogP contribution in [0.1, 0.15) is 0 Å². The first-order valence-corrected chi connectivity index (χ1v) is 8.32. The zero-order valence-corrected chi connectivity index (χ0v) is 13.3. The maximum absolute atomic E-state index is 12.5. The van der Waals surface area contributed by atoms with Gasteiger partial charge < -0.3 is 11.1 Å². The van der Waals surface area contributed by atoms with Crippen LogP contribution in [0.25, 0.3) is 0 Å². The van der Waals surface area contributed by atoms with Gasteiger partial charge in [-0.2, -0.15) is 0 Å². The van der Waals surface area contributed by atoms with Crippen LogP contribution in [0, 0.1) is 0 Å². The number of amides is 1. The van der Waals surface area contributed by atoms with Crippen LogP contribution in [0.2, 0.25) is 0 Å². The van der Waals surface area contributed by atoms with E-state index in [1.165, 1.54) is 24.3 Å². The average Bonchev–Trinajstić information content (AvgIpc) is 2.48. The fourth-order valence-corrected chi connectivity index (χ4v) is 3.27. The molecule has 0 aliphatic rings. The van der Waals surface area contributed by atoms with Crippen LogP contribution in [0.4, 0.5) is 5.69 Å². The summed E-state index contributed by atoms with van der Waals surface area (Å²) in [7, 11) is -3.62. The maximum Gasteiger partial charge on any atom is 0.238 e. The number of nitrogens with two attached hydrogens (primary N) is 1. The summed E-state index contributed by atoms with van der Waals surface area (Å²) < 4.78 is 25.8. The molecule has 2 aromatic carbocycles. The molecule has 0 heterocycles. The number of carbonyl (C=O) groups excluding carboxylic acids is 1. The van der Waals surface area contributed by atoms with Gasteiger partial charge in [-0.3, -0.25) is 4.79 Å². The molecule has 110 valence electrons. The minimum absolute atomic E-state index is 0.111. The third-order valence-corrected chi connectivity index (χ3v) is 5.03. The molecule has 2 rings (SSSR count). The number of carbonyl (C=O) groups is 1. The molecule has 0 bridgehead atoms. The molecular weight excluding hydrogens is 356 g/mol. The molecule has 0 aliphatic heterocycles. The summed E-state index contributed by atoms with van der Waals surface area (Å²) in [5.41, 5.74) is 5.61.